The van der Waals surface area contributed by atoms with Crippen LogP contribution < -0.4 is 5.73 Å². The van der Waals surface area contributed by atoms with Crippen molar-refractivity contribution >= 4 is 0 Å². The molecule has 0 spiro atoms. The summed E-state index contributed by atoms with van der Waals surface area (Å²) in [4.78, 5) is 2.55. The predicted octanol–water partition coefficient (Wildman–Crippen LogP) is 2.48. The zero-order chi connectivity index (χ0) is 11.3. The summed E-state index contributed by atoms with van der Waals surface area (Å²) in [6.45, 7) is 6.74. The van der Waals surface area contributed by atoms with Crippen LogP contribution in [0.25, 0.3) is 0 Å². The third-order valence-electron chi connectivity index (χ3n) is 3.92. The number of hydrogen-bond donors (Lipinski definition) is 1. The molecule has 1 saturated carbocycles. The molecule has 0 bridgehead atoms. The van der Waals surface area contributed by atoms with Crippen molar-refractivity contribution in [1.82, 2.24) is 4.90 Å². The van der Waals surface area contributed by atoms with E-state index in [9.17, 15) is 0 Å². The molecule has 0 aromatic rings. The largest absolute Gasteiger partial charge is 0.330 e. The van der Waals surface area contributed by atoms with Crippen LogP contribution in [0.15, 0.2) is 0 Å². The van der Waals surface area contributed by atoms with Gasteiger partial charge in [0.05, 0.1) is 0 Å². The standard InChI is InChI=1S/C13H28N2/c1-11(2)12-7-4-5-8-13(12)15(3)10-6-9-14/h11-13H,4-10,14H2,1-3H3. The van der Waals surface area contributed by atoms with Crippen LogP contribution in [0.1, 0.15) is 46.0 Å². The van der Waals surface area contributed by atoms with Crippen molar-refractivity contribution in [3.8, 4) is 0 Å². The SMILES string of the molecule is CC(C)C1CCCCC1N(C)CCCN. The van der Waals surface area contributed by atoms with E-state index in [0.29, 0.717) is 0 Å². The normalized spacial score (nSPS) is 27.6. The van der Waals surface area contributed by atoms with Crippen LogP contribution in [0.2, 0.25) is 0 Å². The van der Waals surface area contributed by atoms with Crippen LogP contribution in [0.5, 0.6) is 0 Å². The quantitative estimate of drug-likeness (QED) is 0.758. The Hall–Kier alpha value is -0.0800. The van der Waals surface area contributed by atoms with Crippen LogP contribution in [-0.2, 0) is 0 Å². The maximum atomic E-state index is 5.57. The maximum absolute atomic E-state index is 5.57. The van der Waals surface area contributed by atoms with Crippen molar-refractivity contribution in [2.24, 2.45) is 17.6 Å². The van der Waals surface area contributed by atoms with Gasteiger partial charge in [-0.1, -0.05) is 26.7 Å². The van der Waals surface area contributed by atoms with Gasteiger partial charge in [-0.3, -0.25) is 0 Å². The highest BCUT2D eigenvalue weighted by atomic mass is 15.1. The van der Waals surface area contributed by atoms with E-state index < -0.39 is 0 Å². The number of hydrogen-bond acceptors (Lipinski definition) is 2. The molecule has 0 aliphatic heterocycles. The van der Waals surface area contributed by atoms with E-state index in [2.05, 4.69) is 25.8 Å². The van der Waals surface area contributed by atoms with E-state index in [0.717, 1.165) is 30.8 Å². The second-order valence-corrected chi connectivity index (χ2v) is 5.38. The van der Waals surface area contributed by atoms with Gasteiger partial charge in [0.2, 0.25) is 0 Å². The summed E-state index contributed by atoms with van der Waals surface area (Å²) in [6, 6.07) is 0.810. The third kappa shape index (κ3) is 3.76. The molecule has 15 heavy (non-hydrogen) atoms. The summed E-state index contributed by atoms with van der Waals surface area (Å²) in [5.74, 6) is 1.73. The van der Waals surface area contributed by atoms with E-state index in [1.807, 2.05) is 0 Å². The topological polar surface area (TPSA) is 29.3 Å². The molecule has 1 aliphatic rings. The smallest absolute Gasteiger partial charge is 0.0123 e. The Morgan fingerprint density at radius 2 is 1.93 bits per heavy atom. The van der Waals surface area contributed by atoms with E-state index in [-0.39, 0.29) is 0 Å². The average molecular weight is 212 g/mol. The Bertz CT molecular complexity index is 168. The van der Waals surface area contributed by atoms with Gasteiger partial charge < -0.3 is 10.6 Å². The molecule has 2 heteroatoms. The van der Waals surface area contributed by atoms with Crippen molar-refractivity contribution in [2.75, 3.05) is 20.1 Å². The number of rotatable bonds is 5. The zero-order valence-electron chi connectivity index (χ0n) is 10.7. The highest BCUT2D eigenvalue weighted by Crippen LogP contribution is 2.32. The fourth-order valence-corrected chi connectivity index (χ4v) is 2.97. The Labute approximate surface area is 95.2 Å². The van der Waals surface area contributed by atoms with Gasteiger partial charge in [0.1, 0.15) is 0 Å². The van der Waals surface area contributed by atoms with Gasteiger partial charge in [-0.2, -0.15) is 0 Å². The summed E-state index contributed by atoms with van der Waals surface area (Å²) in [5.41, 5.74) is 5.57. The Morgan fingerprint density at radius 3 is 2.53 bits per heavy atom. The van der Waals surface area contributed by atoms with Crippen LogP contribution in [0.3, 0.4) is 0 Å². The Balaban J connectivity index is 2.47. The Kier molecular flexibility index (Phi) is 5.62. The van der Waals surface area contributed by atoms with E-state index in [1.54, 1.807) is 0 Å². The molecule has 2 N–H and O–H groups in total. The number of nitrogens with zero attached hydrogens (tertiary/aromatic N) is 1. The van der Waals surface area contributed by atoms with E-state index in [4.69, 9.17) is 5.73 Å². The molecule has 1 fully saturated rings. The van der Waals surface area contributed by atoms with Crippen molar-refractivity contribution < 1.29 is 0 Å². The van der Waals surface area contributed by atoms with Gasteiger partial charge >= 0.3 is 0 Å². The Morgan fingerprint density at radius 1 is 1.27 bits per heavy atom. The molecule has 0 saturated heterocycles. The van der Waals surface area contributed by atoms with Crippen LogP contribution in [-0.4, -0.2) is 31.1 Å². The fourth-order valence-electron chi connectivity index (χ4n) is 2.97. The van der Waals surface area contributed by atoms with Gasteiger partial charge in [0, 0.05) is 6.04 Å². The summed E-state index contributed by atoms with van der Waals surface area (Å²) < 4.78 is 0. The minimum Gasteiger partial charge on any atom is -0.330 e. The summed E-state index contributed by atoms with van der Waals surface area (Å²) in [5, 5.41) is 0. The zero-order valence-corrected chi connectivity index (χ0v) is 10.7. The molecule has 0 aromatic carbocycles. The molecule has 0 heterocycles. The highest BCUT2D eigenvalue weighted by molar-refractivity contribution is 4.83. The van der Waals surface area contributed by atoms with Crippen LogP contribution in [0.4, 0.5) is 0 Å². The molecular weight excluding hydrogens is 184 g/mol. The van der Waals surface area contributed by atoms with Crippen molar-refractivity contribution in [3.05, 3.63) is 0 Å². The van der Waals surface area contributed by atoms with E-state index >= 15 is 0 Å². The molecule has 2 nitrogen and oxygen atoms in total. The average Bonchev–Trinajstić information content (AvgIpc) is 2.25. The molecule has 90 valence electrons. The predicted molar refractivity (Wildman–Crippen MR) is 66.9 cm³/mol. The molecule has 1 rings (SSSR count). The first-order chi connectivity index (χ1) is 7.16. The van der Waals surface area contributed by atoms with Gasteiger partial charge in [0.25, 0.3) is 0 Å². The molecule has 2 unspecified atom stereocenters. The van der Waals surface area contributed by atoms with Gasteiger partial charge in [-0.05, 0) is 51.2 Å². The van der Waals surface area contributed by atoms with Gasteiger partial charge in [-0.15, -0.1) is 0 Å². The monoisotopic (exact) mass is 212 g/mol. The lowest BCUT2D eigenvalue weighted by molar-refractivity contribution is 0.0997. The second kappa shape index (κ2) is 6.49. The van der Waals surface area contributed by atoms with Gasteiger partial charge in [0.15, 0.2) is 0 Å². The number of nitrogens with two attached hydrogens (primary N) is 1. The molecule has 0 amide bonds. The summed E-state index contributed by atoms with van der Waals surface area (Å²) >= 11 is 0. The summed E-state index contributed by atoms with van der Waals surface area (Å²) in [6.07, 6.45) is 6.81. The molecule has 1 aliphatic carbocycles. The van der Waals surface area contributed by atoms with Crippen molar-refractivity contribution in [1.29, 1.82) is 0 Å². The molecule has 2 atom stereocenters. The highest BCUT2D eigenvalue weighted by Gasteiger charge is 2.29. The lowest BCUT2D eigenvalue weighted by Gasteiger charge is -2.40. The first-order valence-electron chi connectivity index (χ1n) is 6.57. The second-order valence-electron chi connectivity index (χ2n) is 5.38. The summed E-state index contributed by atoms with van der Waals surface area (Å²) in [7, 11) is 2.28. The molecule has 0 radical (unpaired) electrons. The molecule has 0 aromatic heterocycles. The van der Waals surface area contributed by atoms with Crippen molar-refractivity contribution in [2.45, 2.75) is 52.0 Å². The van der Waals surface area contributed by atoms with Crippen LogP contribution in [0, 0.1) is 11.8 Å². The maximum Gasteiger partial charge on any atom is 0.0123 e. The minimum absolute atomic E-state index is 0.810. The lowest BCUT2D eigenvalue weighted by Crippen LogP contribution is -2.42. The molecular formula is C13H28N2. The third-order valence-corrected chi connectivity index (χ3v) is 3.92. The van der Waals surface area contributed by atoms with Gasteiger partial charge in [-0.25, -0.2) is 0 Å². The first-order valence-corrected chi connectivity index (χ1v) is 6.57. The van der Waals surface area contributed by atoms with Crippen molar-refractivity contribution in [3.63, 3.8) is 0 Å². The lowest BCUT2D eigenvalue weighted by atomic mass is 9.77. The fraction of sp³-hybridized carbons (Fsp3) is 1.00. The first kappa shape index (κ1) is 13.0. The van der Waals surface area contributed by atoms with Crippen LogP contribution >= 0.6 is 0 Å². The van der Waals surface area contributed by atoms with E-state index in [1.165, 1.54) is 32.2 Å². The minimum atomic E-state index is 0.810.